The first-order chi connectivity index (χ1) is 6.06. The van der Waals surface area contributed by atoms with Crippen LogP contribution in [0.15, 0.2) is 11.6 Å². The van der Waals surface area contributed by atoms with Crippen LogP contribution in [0.2, 0.25) is 0 Å². The third-order valence-electron chi connectivity index (χ3n) is 1.02. The van der Waals surface area contributed by atoms with Crippen LogP contribution in [0.25, 0.3) is 0 Å². The van der Waals surface area contributed by atoms with Gasteiger partial charge in [0.2, 0.25) is 5.91 Å². The number of urea groups is 1. The monoisotopic (exact) mass is 224 g/mol. The Kier molecular flexibility index (Phi) is 6.36. The molecule has 0 aliphatic carbocycles. The Morgan fingerprint density at radius 2 is 2.00 bits per heavy atom. The second-order valence-electron chi connectivity index (χ2n) is 2.19. The fourth-order valence-electron chi connectivity index (χ4n) is 0.495. The van der Waals surface area contributed by atoms with Crippen LogP contribution in [-0.2, 0) is 4.79 Å². The highest BCUT2D eigenvalue weighted by Crippen LogP contribution is 1.91. The maximum Gasteiger partial charge on any atom is 0.321 e. The molecule has 4 nitrogen and oxygen atoms in total. The van der Waals surface area contributed by atoms with Gasteiger partial charge in [0.05, 0.1) is 6.54 Å². The van der Waals surface area contributed by atoms with Crippen molar-refractivity contribution in [2.75, 3.05) is 12.4 Å². The number of hydrogen-bond donors (Lipinski definition) is 2. The Morgan fingerprint density at radius 1 is 1.38 bits per heavy atom. The average Bonchev–Trinajstić information content (AvgIpc) is 2.01. The smallest absolute Gasteiger partial charge is 0.321 e. The Hall–Kier alpha value is -0.740. The van der Waals surface area contributed by atoms with Crippen molar-refractivity contribution in [2.45, 2.75) is 6.42 Å². The van der Waals surface area contributed by atoms with E-state index in [1.807, 2.05) is 0 Å². The molecule has 13 heavy (non-hydrogen) atoms. The molecule has 0 aliphatic rings. The number of carbonyl (C=O) groups is 2. The summed E-state index contributed by atoms with van der Waals surface area (Å²) in [5.74, 6) is -0.242. The third kappa shape index (κ3) is 7.62. The van der Waals surface area contributed by atoms with Gasteiger partial charge in [-0.1, -0.05) is 18.2 Å². The number of halogens is 2. The molecule has 0 aromatic rings. The van der Waals surface area contributed by atoms with Gasteiger partial charge in [0.15, 0.2) is 0 Å². The van der Waals surface area contributed by atoms with E-state index in [4.69, 9.17) is 23.2 Å². The maximum absolute atomic E-state index is 10.8. The molecule has 0 aromatic carbocycles. The van der Waals surface area contributed by atoms with E-state index in [2.05, 4.69) is 17.2 Å². The maximum atomic E-state index is 10.8. The van der Waals surface area contributed by atoms with Gasteiger partial charge in [-0.15, -0.1) is 11.6 Å². The number of rotatable bonds is 4. The molecular weight excluding hydrogens is 215 g/mol. The van der Waals surface area contributed by atoms with E-state index in [1.54, 1.807) is 0 Å². The minimum Gasteiger partial charge on any atom is -0.333 e. The largest absolute Gasteiger partial charge is 0.333 e. The normalized spacial score (nSPS) is 9.08. The van der Waals surface area contributed by atoms with Crippen LogP contribution in [0.1, 0.15) is 6.42 Å². The van der Waals surface area contributed by atoms with Crippen molar-refractivity contribution in [1.29, 1.82) is 0 Å². The molecule has 0 heterocycles. The first-order valence-corrected chi connectivity index (χ1v) is 4.44. The van der Waals surface area contributed by atoms with Crippen molar-refractivity contribution in [3.05, 3.63) is 11.6 Å². The van der Waals surface area contributed by atoms with Crippen molar-refractivity contribution in [3.63, 3.8) is 0 Å². The summed E-state index contributed by atoms with van der Waals surface area (Å²) in [5.41, 5.74) is 0. The second-order valence-corrected chi connectivity index (χ2v) is 3.10. The molecule has 0 aliphatic heterocycles. The van der Waals surface area contributed by atoms with Crippen LogP contribution >= 0.6 is 23.2 Å². The number of nitrogens with one attached hydrogen (secondary N) is 2. The highest BCUT2D eigenvalue weighted by atomic mass is 35.5. The molecule has 2 N–H and O–H groups in total. The van der Waals surface area contributed by atoms with Gasteiger partial charge < -0.3 is 5.32 Å². The number of carbonyl (C=O) groups excluding carboxylic acids is 2. The quantitative estimate of drug-likeness (QED) is 0.706. The van der Waals surface area contributed by atoms with Gasteiger partial charge in [-0.05, 0) is 0 Å². The lowest BCUT2D eigenvalue weighted by Crippen LogP contribution is -2.39. The van der Waals surface area contributed by atoms with E-state index in [9.17, 15) is 9.59 Å². The molecule has 0 aromatic heterocycles. The van der Waals surface area contributed by atoms with Gasteiger partial charge in [0.1, 0.15) is 0 Å². The topological polar surface area (TPSA) is 58.2 Å². The van der Waals surface area contributed by atoms with Crippen molar-refractivity contribution >= 4 is 35.1 Å². The van der Waals surface area contributed by atoms with Crippen molar-refractivity contribution < 1.29 is 9.59 Å². The van der Waals surface area contributed by atoms with E-state index >= 15 is 0 Å². The Balaban J connectivity index is 3.62. The molecule has 0 fully saturated rings. The highest BCUT2D eigenvalue weighted by molar-refractivity contribution is 6.29. The average molecular weight is 225 g/mol. The fourth-order valence-corrected chi connectivity index (χ4v) is 0.734. The van der Waals surface area contributed by atoms with Gasteiger partial charge in [-0.3, -0.25) is 10.1 Å². The number of imide groups is 1. The standard InChI is InChI=1S/C7H10Cl2N2O2/c1-5(9)4-10-7(13)11-6(12)2-3-8/h1-4H2,(H2,10,11,12,13). The Labute approximate surface area is 86.3 Å². The summed E-state index contributed by atoms with van der Waals surface area (Å²) in [4.78, 5) is 21.6. The van der Waals surface area contributed by atoms with Crippen molar-refractivity contribution in [2.24, 2.45) is 0 Å². The molecule has 74 valence electrons. The molecule has 0 rings (SSSR count). The summed E-state index contributed by atoms with van der Waals surface area (Å²) < 4.78 is 0. The molecule has 3 amide bonds. The number of hydrogen-bond acceptors (Lipinski definition) is 2. The summed E-state index contributed by atoms with van der Waals surface area (Å²) in [7, 11) is 0. The predicted octanol–water partition coefficient (Wildman–Crippen LogP) is 1.19. The van der Waals surface area contributed by atoms with Crippen LogP contribution in [0, 0.1) is 0 Å². The van der Waals surface area contributed by atoms with Gasteiger partial charge in [-0.2, -0.15) is 0 Å². The minimum atomic E-state index is -0.600. The lowest BCUT2D eigenvalue weighted by atomic mass is 10.4. The molecular formula is C7H10Cl2N2O2. The second kappa shape index (κ2) is 6.74. The predicted molar refractivity (Wildman–Crippen MR) is 51.9 cm³/mol. The SMILES string of the molecule is C=C(Cl)CNC(=O)NC(=O)CCCl. The minimum absolute atomic E-state index is 0.108. The van der Waals surface area contributed by atoms with Crippen LogP contribution in [0.3, 0.4) is 0 Å². The van der Waals surface area contributed by atoms with Crippen LogP contribution < -0.4 is 10.6 Å². The van der Waals surface area contributed by atoms with Gasteiger partial charge >= 0.3 is 6.03 Å². The van der Waals surface area contributed by atoms with Gasteiger partial charge in [-0.25, -0.2) is 4.79 Å². The van der Waals surface area contributed by atoms with Crippen LogP contribution in [0.5, 0.6) is 0 Å². The lowest BCUT2D eigenvalue weighted by Gasteiger charge is -2.04. The highest BCUT2D eigenvalue weighted by Gasteiger charge is 2.05. The van der Waals surface area contributed by atoms with E-state index in [-0.39, 0.29) is 18.8 Å². The summed E-state index contributed by atoms with van der Waals surface area (Å²) in [6.07, 6.45) is 0.108. The zero-order valence-electron chi connectivity index (χ0n) is 6.90. The fraction of sp³-hybridized carbons (Fsp3) is 0.429. The number of alkyl halides is 1. The molecule has 0 unspecified atom stereocenters. The molecule has 0 radical (unpaired) electrons. The van der Waals surface area contributed by atoms with E-state index < -0.39 is 11.9 Å². The zero-order chi connectivity index (χ0) is 10.3. The van der Waals surface area contributed by atoms with Gasteiger partial charge in [0, 0.05) is 17.3 Å². The van der Waals surface area contributed by atoms with E-state index in [1.165, 1.54) is 0 Å². The summed E-state index contributed by atoms with van der Waals surface area (Å²) >= 11 is 10.7. The lowest BCUT2D eigenvalue weighted by molar-refractivity contribution is -0.119. The molecule has 0 atom stereocenters. The molecule has 6 heteroatoms. The van der Waals surface area contributed by atoms with Crippen LogP contribution in [-0.4, -0.2) is 24.4 Å². The Bertz CT molecular complexity index is 219. The summed E-state index contributed by atoms with van der Waals surface area (Å²) in [6.45, 7) is 3.49. The first kappa shape index (κ1) is 12.3. The molecule has 0 saturated heterocycles. The summed E-state index contributed by atoms with van der Waals surface area (Å²) in [5, 5.41) is 4.68. The van der Waals surface area contributed by atoms with Crippen molar-refractivity contribution in [3.8, 4) is 0 Å². The molecule has 0 bridgehead atoms. The van der Waals surface area contributed by atoms with Crippen molar-refractivity contribution in [1.82, 2.24) is 10.6 Å². The zero-order valence-corrected chi connectivity index (χ0v) is 8.41. The summed E-state index contributed by atoms with van der Waals surface area (Å²) in [6, 6.07) is -0.600. The van der Waals surface area contributed by atoms with Crippen LogP contribution in [0.4, 0.5) is 4.79 Å². The number of amides is 3. The Morgan fingerprint density at radius 3 is 2.46 bits per heavy atom. The third-order valence-corrected chi connectivity index (χ3v) is 1.34. The van der Waals surface area contributed by atoms with E-state index in [0.29, 0.717) is 5.03 Å². The van der Waals surface area contributed by atoms with Gasteiger partial charge in [0.25, 0.3) is 0 Å². The molecule has 0 saturated carbocycles. The molecule has 0 spiro atoms. The first-order valence-electron chi connectivity index (χ1n) is 3.53. The van der Waals surface area contributed by atoms with E-state index in [0.717, 1.165) is 0 Å².